The van der Waals surface area contributed by atoms with Crippen molar-refractivity contribution in [1.82, 2.24) is 10.6 Å². The summed E-state index contributed by atoms with van der Waals surface area (Å²) in [6.45, 7) is 2.95. The molecule has 110 valence electrons. The third kappa shape index (κ3) is 3.97. The van der Waals surface area contributed by atoms with Crippen LogP contribution < -0.4 is 15.4 Å². The van der Waals surface area contributed by atoms with Gasteiger partial charge in [-0.05, 0) is 44.0 Å². The molecule has 1 heterocycles. The summed E-state index contributed by atoms with van der Waals surface area (Å²) in [4.78, 5) is 12.3. The van der Waals surface area contributed by atoms with Crippen LogP contribution in [-0.2, 0) is 4.79 Å². The highest BCUT2D eigenvalue weighted by molar-refractivity contribution is 5.82. The predicted molar refractivity (Wildman–Crippen MR) is 79.8 cm³/mol. The van der Waals surface area contributed by atoms with Crippen molar-refractivity contribution in [3.05, 3.63) is 29.8 Å². The van der Waals surface area contributed by atoms with Gasteiger partial charge in [0.1, 0.15) is 5.75 Å². The van der Waals surface area contributed by atoms with E-state index >= 15 is 0 Å². The number of amides is 1. The number of rotatable bonds is 4. The molecule has 0 bridgehead atoms. The van der Waals surface area contributed by atoms with Crippen molar-refractivity contribution in [1.29, 1.82) is 0 Å². The Bertz CT molecular complexity index is 423. The fraction of sp³-hybridized carbons (Fsp3) is 0.562. The van der Waals surface area contributed by atoms with Gasteiger partial charge in [0.15, 0.2) is 0 Å². The molecule has 1 aromatic rings. The molecule has 1 aliphatic rings. The number of benzene rings is 1. The zero-order valence-corrected chi connectivity index (χ0v) is 12.3. The van der Waals surface area contributed by atoms with Crippen molar-refractivity contribution in [3.8, 4) is 5.75 Å². The van der Waals surface area contributed by atoms with Crippen LogP contribution in [0, 0.1) is 0 Å². The fourth-order valence-corrected chi connectivity index (χ4v) is 2.54. The largest absolute Gasteiger partial charge is 0.497 e. The van der Waals surface area contributed by atoms with Gasteiger partial charge in [0.25, 0.3) is 0 Å². The van der Waals surface area contributed by atoms with Gasteiger partial charge in [0.2, 0.25) is 5.91 Å². The van der Waals surface area contributed by atoms with Gasteiger partial charge in [0, 0.05) is 0 Å². The lowest BCUT2D eigenvalue weighted by molar-refractivity contribution is -0.123. The number of ether oxygens (including phenoxy) is 1. The molecular weight excluding hydrogens is 252 g/mol. The summed E-state index contributed by atoms with van der Waals surface area (Å²) in [5.41, 5.74) is 1.09. The van der Waals surface area contributed by atoms with Crippen LogP contribution in [0.1, 0.15) is 44.2 Å². The van der Waals surface area contributed by atoms with Crippen LogP contribution >= 0.6 is 0 Å². The first-order chi connectivity index (χ1) is 9.70. The van der Waals surface area contributed by atoms with Crippen LogP contribution in [0.2, 0.25) is 0 Å². The highest BCUT2D eigenvalue weighted by atomic mass is 16.5. The maximum atomic E-state index is 12.3. The molecule has 0 aromatic heterocycles. The molecule has 1 amide bonds. The molecule has 0 aliphatic carbocycles. The maximum Gasteiger partial charge on any atom is 0.237 e. The number of carbonyl (C=O) groups is 1. The van der Waals surface area contributed by atoms with Crippen LogP contribution in [0.5, 0.6) is 5.75 Å². The molecule has 1 fully saturated rings. The van der Waals surface area contributed by atoms with Crippen LogP contribution in [0.4, 0.5) is 0 Å². The van der Waals surface area contributed by atoms with Gasteiger partial charge in [-0.2, -0.15) is 0 Å². The average molecular weight is 276 g/mol. The maximum absolute atomic E-state index is 12.3. The van der Waals surface area contributed by atoms with Gasteiger partial charge in [0.05, 0.1) is 19.2 Å². The molecule has 0 saturated carbocycles. The van der Waals surface area contributed by atoms with Gasteiger partial charge in [-0.3, -0.25) is 4.79 Å². The Morgan fingerprint density at radius 3 is 2.75 bits per heavy atom. The molecule has 2 atom stereocenters. The fourth-order valence-electron chi connectivity index (χ4n) is 2.54. The minimum atomic E-state index is -0.0433. The second-order valence-corrected chi connectivity index (χ2v) is 5.36. The lowest BCUT2D eigenvalue weighted by atomic mass is 10.1. The molecule has 20 heavy (non-hydrogen) atoms. The van der Waals surface area contributed by atoms with Crippen LogP contribution in [0.15, 0.2) is 24.3 Å². The summed E-state index contributed by atoms with van der Waals surface area (Å²) in [5.74, 6) is 0.938. The van der Waals surface area contributed by atoms with Crippen LogP contribution in [0.25, 0.3) is 0 Å². The lowest BCUT2D eigenvalue weighted by Crippen LogP contribution is -2.44. The molecule has 0 radical (unpaired) electrons. The minimum absolute atomic E-state index is 0.0125. The number of hydrogen-bond donors (Lipinski definition) is 2. The summed E-state index contributed by atoms with van der Waals surface area (Å²) in [6.07, 6.45) is 4.44. The summed E-state index contributed by atoms with van der Waals surface area (Å²) in [7, 11) is 1.65. The summed E-state index contributed by atoms with van der Waals surface area (Å²) in [6, 6.07) is 7.79. The Morgan fingerprint density at radius 1 is 1.30 bits per heavy atom. The van der Waals surface area contributed by atoms with E-state index in [4.69, 9.17) is 4.74 Å². The molecule has 1 aliphatic heterocycles. The molecule has 0 spiro atoms. The van der Waals surface area contributed by atoms with E-state index < -0.39 is 0 Å². The quantitative estimate of drug-likeness (QED) is 0.888. The number of methoxy groups -OCH3 is 1. The first-order valence-electron chi connectivity index (χ1n) is 7.38. The van der Waals surface area contributed by atoms with E-state index in [1.165, 1.54) is 6.42 Å². The number of hydrogen-bond acceptors (Lipinski definition) is 3. The Hall–Kier alpha value is -1.55. The van der Waals surface area contributed by atoms with Crippen molar-refractivity contribution >= 4 is 5.91 Å². The average Bonchev–Trinajstić information content (AvgIpc) is 2.76. The van der Waals surface area contributed by atoms with E-state index in [0.29, 0.717) is 0 Å². The third-order valence-corrected chi connectivity index (χ3v) is 3.85. The first kappa shape index (κ1) is 14.9. The number of nitrogens with one attached hydrogen (secondary N) is 2. The molecular formula is C16H24N2O2. The van der Waals surface area contributed by atoms with Crippen molar-refractivity contribution in [2.45, 2.75) is 44.7 Å². The second-order valence-electron chi connectivity index (χ2n) is 5.36. The monoisotopic (exact) mass is 276 g/mol. The minimum Gasteiger partial charge on any atom is -0.497 e. The van der Waals surface area contributed by atoms with Crippen LogP contribution in [0.3, 0.4) is 0 Å². The Labute approximate surface area is 120 Å². The molecule has 4 heteroatoms. The van der Waals surface area contributed by atoms with E-state index in [0.717, 1.165) is 37.1 Å². The Balaban J connectivity index is 1.91. The van der Waals surface area contributed by atoms with E-state index in [1.807, 2.05) is 31.2 Å². The van der Waals surface area contributed by atoms with Crippen molar-refractivity contribution in [2.75, 3.05) is 13.7 Å². The Morgan fingerprint density at radius 2 is 2.05 bits per heavy atom. The third-order valence-electron chi connectivity index (χ3n) is 3.85. The SMILES string of the molecule is COc1ccc([C@H](C)NC(=O)C2CCCCCN2)cc1. The van der Waals surface area contributed by atoms with E-state index in [-0.39, 0.29) is 18.0 Å². The lowest BCUT2D eigenvalue weighted by Gasteiger charge is -2.20. The van der Waals surface area contributed by atoms with Crippen molar-refractivity contribution in [3.63, 3.8) is 0 Å². The smallest absolute Gasteiger partial charge is 0.237 e. The highest BCUT2D eigenvalue weighted by Gasteiger charge is 2.21. The normalized spacial score (nSPS) is 20.8. The number of carbonyl (C=O) groups excluding carboxylic acids is 1. The zero-order valence-electron chi connectivity index (χ0n) is 12.3. The van der Waals surface area contributed by atoms with Gasteiger partial charge in [-0.25, -0.2) is 0 Å². The van der Waals surface area contributed by atoms with Crippen LogP contribution in [-0.4, -0.2) is 25.6 Å². The first-order valence-corrected chi connectivity index (χ1v) is 7.38. The zero-order chi connectivity index (χ0) is 14.4. The topological polar surface area (TPSA) is 50.4 Å². The molecule has 1 aromatic carbocycles. The molecule has 2 N–H and O–H groups in total. The molecule has 1 unspecified atom stereocenters. The van der Waals surface area contributed by atoms with E-state index in [1.54, 1.807) is 7.11 Å². The highest BCUT2D eigenvalue weighted by Crippen LogP contribution is 2.18. The standard InChI is InChI=1S/C16H24N2O2/c1-12(13-7-9-14(20-2)10-8-13)18-16(19)15-6-4-3-5-11-17-15/h7-10,12,15,17H,3-6,11H2,1-2H3,(H,18,19)/t12-,15?/m0/s1. The predicted octanol–water partition coefficient (Wildman–Crippen LogP) is 2.40. The van der Waals surface area contributed by atoms with E-state index in [2.05, 4.69) is 10.6 Å². The molecule has 2 rings (SSSR count). The van der Waals surface area contributed by atoms with Crippen molar-refractivity contribution < 1.29 is 9.53 Å². The summed E-state index contributed by atoms with van der Waals surface area (Å²) in [5, 5.41) is 6.41. The van der Waals surface area contributed by atoms with Gasteiger partial charge in [-0.1, -0.05) is 25.0 Å². The molecule has 4 nitrogen and oxygen atoms in total. The van der Waals surface area contributed by atoms with Gasteiger partial charge in [-0.15, -0.1) is 0 Å². The van der Waals surface area contributed by atoms with E-state index in [9.17, 15) is 4.79 Å². The second kappa shape index (κ2) is 7.29. The summed E-state index contributed by atoms with van der Waals surface area (Å²) >= 11 is 0. The van der Waals surface area contributed by atoms with Crippen molar-refractivity contribution in [2.24, 2.45) is 0 Å². The summed E-state index contributed by atoms with van der Waals surface area (Å²) < 4.78 is 5.14. The van der Waals surface area contributed by atoms with Gasteiger partial charge < -0.3 is 15.4 Å². The van der Waals surface area contributed by atoms with Gasteiger partial charge >= 0.3 is 0 Å². The Kier molecular flexibility index (Phi) is 5.41. The molecule has 1 saturated heterocycles.